The molecule has 0 N–H and O–H groups in total. The Kier molecular flexibility index (Phi) is 2.28. The molecule has 5 heteroatoms. The lowest BCUT2D eigenvalue weighted by atomic mass is 9.91. The Labute approximate surface area is 109 Å². The minimum atomic E-state index is -0.549. The van der Waals surface area contributed by atoms with Gasteiger partial charge in [0, 0.05) is 12.8 Å². The maximum Gasteiger partial charge on any atom is 0.347 e. The van der Waals surface area contributed by atoms with Gasteiger partial charge in [-0.05, 0) is 17.2 Å². The summed E-state index contributed by atoms with van der Waals surface area (Å²) in [7, 11) is 0. The Bertz CT molecular complexity index is 584. The van der Waals surface area contributed by atoms with Crippen LogP contribution in [0.4, 0.5) is 0 Å². The van der Waals surface area contributed by atoms with Crippen LogP contribution in [0, 0.1) is 0 Å². The molecule has 2 unspecified atom stereocenters. The molecule has 1 aromatic rings. The van der Waals surface area contributed by atoms with Crippen LogP contribution in [-0.2, 0) is 27.1 Å². The summed E-state index contributed by atoms with van der Waals surface area (Å²) >= 11 is 0. The fourth-order valence-corrected chi connectivity index (χ4v) is 2.55. The maximum absolute atomic E-state index is 11.8. The molecule has 0 saturated carbocycles. The molecule has 0 bridgehead atoms. The molecule has 98 valence electrons. The number of hydrogen-bond donors (Lipinski definition) is 0. The Morgan fingerprint density at radius 1 is 1.00 bits per heavy atom. The van der Waals surface area contributed by atoms with Gasteiger partial charge in [-0.25, -0.2) is 9.59 Å². The molecule has 19 heavy (non-hydrogen) atoms. The van der Waals surface area contributed by atoms with E-state index < -0.39 is 11.9 Å². The number of benzene rings is 1. The van der Waals surface area contributed by atoms with Crippen molar-refractivity contribution >= 4 is 11.9 Å². The predicted molar refractivity (Wildman–Crippen MR) is 63.1 cm³/mol. The zero-order valence-electron chi connectivity index (χ0n) is 10.2. The van der Waals surface area contributed by atoms with Crippen LogP contribution < -0.4 is 0 Å². The number of carbonyl (C=O) groups is 2. The third-order valence-electron chi connectivity index (χ3n) is 3.70. The molecule has 4 rings (SSSR count). The van der Waals surface area contributed by atoms with Crippen molar-refractivity contribution in [3.8, 4) is 0 Å². The van der Waals surface area contributed by atoms with Crippen molar-refractivity contribution in [3.63, 3.8) is 0 Å². The van der Waals surface area contributed by atoms with Crippen LogP contribution in [0.25, 0.3) is 0 Å². The van der Waals surface area contributed by atoms with Crippen molar-refractivity contribution in [2.75, 3.05) is 13.2 Å². The highest BCUT2D eigenvalue weighted by atomic mass is 16.6. The lowest BCUT2D eigenvalue weighted by Crippen LogP contribution is -2.09. The summed E-state index contributed by atoms with van der Waals surface area (Å²) in [5, 5.41) is 0. The lowest BCUT2D eigenvalue weighted by Gasteiger charge is -2.10. The fraction of sp³-hybridized carbons (Fsp3) is 0.429. The Morgan fingerprint density at radius 3 is 2.37 bits per heavy atom. The predicted octanol–water partition coefficient (Wildman–Crippen LogP) is 0.880. The van der Waals surface area contributed by atoms with E-state index in [2.05, 4.69) is 0 Å². The van der Waals surface area contributed by atoms with Gasteiger partial charge in [-0.15, -0.1) is 0 Å². The first-order valence-electron chi connectivity index (χ1n) is 6.37. The second-order valence-electron chi connectivity index (χ2n) is 5.12. The van der Waals surface area contributed by atoms with Crippen molar-refractivity contribution in [2.45, 2.75) is 25.0 Å². The van der Waals surface area contributed by atoms with Crippen LogP contribution in [0.5, 0.6) is 0 Å². The molecule has 2 saturated heterocycles. The normalized spacial score (nSPS) is 27.2. The highest BCUT2D eigenvalue weighted by molar-refractivity contribution is 6.15. The van der Waals surface area contributed by atoms with Crippen molar-refractivity contribution in [3.05, 3.63) is 34.4 Å². The van der Waals surface area contributed by atoms with Gasteiger partial charge in [-0.3, -0.25) is 0 Å². The molecule has 1 aromatic carbocycles. The van der Waals surface area contributed by atoms with E-state index in [0.717, 1.165) is 24.2 Å². The van der Waals surface area contributed by atoms with E-state index in [1.807, 2.05) is 6.07 Å². The number of ether oxygens (including phenoxy) is 3. The summed E-state index contributed by atoms with van der Waals surface area (Å²) in [6.07, 6.45) is 1.84. The quantitative estimate of drug-likeness (QED) is 0.456. The topological polar surface area (TPSA) is 68.4 Å². The lowest BCUT2D eigenvalue weighted by molar-refractivity contribution is 0.0443. The first kappa shape index (κ1) is 11.1. The zero-order chi connectivity index (χ0) is 13.0. The summed E-state index contributed by atoms with van der Waals surface area (Å²) < 4.78 is 15.2. The average Bonchev–Trinajstić information content (AvgIpc) is 3.25. The monoisotopic (exact) mass is 260 g/mol. The Balaban J connectivity index is 1.80. The van der Waals surface area contributed by atoms with Crippen LogP contribution in [0.15, 0.2) is 12.1 Å². The van der Waals surface area contributed by atoms with E-state index in [-0.39, 0.29) is 12.2 Å². The van der Waals surface area contributed by atoms with Crippen LogP contribution in [0.2, 0.25) is 0 Å². The van der Waals surface area contributed by atoms with Gasteiger partial charge in [-0.1, -0.05) is 6.07 Å². The molecular formula is C14H12O5. The molecule has 2 atom stereocenters. The van der Waals surface area contributed by atoms with E-state index in [9.17, 15) is 9.59 Å². The molecule has 3 heterocycles. The van der Waals surface area contributed by atoms with E-state index in [1.165, 1.54) is 0 Å². The van der Waals surface area contributed by atoms with Crippen LogP contribution in [-0.4, -0.2) is 37.4 Å². The van der Waals surface area contributed by atoms with Crippen molar-refractivity contribution in [2.24, 2.45) is 0 Å². The summed E-state index contributed by atoms with van der Waals surface area (Å²) in [5.74, 6) is -1.08. The summed E-state index contributed by atoms with van der Waals surface area (Å²) in [6, 6.07) is 3.58. The molecule has 0 amide bonds. The van der Waals surface area contributed by atoms with Crippen molar-refractivity contribution < 1.29 is 23.8 Å². The molecule has 3 aliphatic heterocycles. The third-order valence-corrected chi connectivity index (χ3v) is 3.70. The van der Waals surface area contributed by atoms with E-state index >= 15 is 0 Å². The SMILES string of the molecule is O=C1OC(=O)c2c1ccc(CC1CO1)c2CC1CO1. The summed E-state index contributed by atoms with van der Waals surface area (Å²) in [4.78, 5) is 23.4. The highest BCUT2D eigenvalue weighted by Gasteiger charge is 2.37. The van der Waals surface area contributed by atoms with Gasteiger partial charge in [0.05, 0.1) is 36.5 Å². The summed E-state index contributed by atoms with van der Waals surface area (Å²) in [6.45, 7) is 1.48. The second kappa shape index (κ2) is 3.88. The highest BCUT2D eigenvalue weighted by Crippen LogP contribution is 2.31. The van der Waals surface area contributed by atoms with Crippen LogP contribution >= 0.6 is 0 Å². The third kappa shape index (κ3) is 1.95. The number of hydrogen-bond acceptors (Lipinski definition) is 5. The molecule has 2 fully saturated rings. The van der Waals surface area contributed by atoms with E-state index in [1.54, 1.807) is 6.07 Å². The van der Waals surface area contributed by atoms with Gasteiger partial charge in [0.25, 0.3) is 0 Å². The van der Waals surface area contributed by atoms with Crippen LogP contribution in [0.3, 0.4) is 0 Å². The Morgan fingerprint density at radius 2 is 1.68 bits per heavy atom. The minimum absolute atomic E-state index is 0.161. The number of esters is 2. The molecule has 3 aliphatic rings. The van der Waals surface area contributed by atoms with Crippen molar-refractivity contribution in [1.29, 1.82) is 0 Å². The maximum atomic E-state index is 11.8. The van der Waals surface area contributed by atoms with Gasteiger partial charge >= 0.3 is 11.9 Å². The van der Waals surface area contributed by atoms with Gasteiger partial charge in [-0.2, -0.15) is 0 Å². The smallest absolute Gasteiger partial charge is 0.347 e. The van der Waals surface area contributed by atoms with Gasteiger partial charge < -0.3 is 14.2 Å². The largest absolute Gasteiger partial charge is 0.386 e. The minimum Gasteiger partial charge on any atom is -0.386 e. The first-order valence-corrected chi connectivity index (χ1v) is 6.37. The van der Waals surface area contributed by atoms with Gasteiger partial charge in [0.2, 0.25) is 0 Å². The molecular weight excluding hydrogens is 248 g/mol. The number of rotatable bonds is 4. The Hall–Kier alpha value is -1.72. The number of fused-ring (bicyclic) bond motifs is 1. The molecule has 0 aliphatic carbocycles. The standard InChI is InChI=1S/C14H12O5/c15-13-10-2-1-7(3-8-5-17-8)11(4-9-6-18-9)12(10)14(16)19-13/h1-2,8-9H,3-6H2. The van der Waals surface area contributed by atoms with Gasteiger partial charge in [0.1, 0.15) is 0 Å². The van der Waals surface area contributed by atoms with E-state index in [4.69, 9.17) is 14.2 Å². The second-order valence-corrected chi connectivity index (χ2v) is 5.12. The average molecular weight is 260 g/mol. The fourth-order valence-electron chi connectivity index (χ4n) is 2.55. The van der Waals surface area contributed by atoms with E-state index in [0.29, 0.717) is 24.2 Å². The number of cyclic esters (lactones) is 2. The zero-order valence-corrected chi connectivity index (χ0v) is 10.2. The summed E-state index contributed by atoms with van der Waals surface area (Å²) in [5.41, 5.74) is 2.76. The molecule has 0 aromatic heterocycles. The van der Waals surface area contributed by atoms with Crippen LogP contribution in [0.1, 0.15) is 31.8 Å². The molecule has 0 radical (unpaired) electrons. The molecule has 0 spiro atoms. The molecule has 5 nitrogen and oxygen atoms in total. The van der Waals surface area contributed by atoms with Crippen molar-refractivity contribution in [1.82, 2.24) is 0 Å². The first-order chi connectivity index (χ1) is 9.22. The number of carbonyl (C=O) groups excluding carboxylic acids is 2. The van der Waals surface area contributed by atoms with Gasteiger partial charge in [0.15, 0.2) is 0 Å². The number of epoxide rings is 2.